The van der Waals surface area contributed by atoms with Crippen LogP contribution >= 0.6 is 0 Å². The summed E-state index contributed by atoms with van der Waals surface area (Å²) in [6.07, 6.45) is 24.7. The van der Waals surface area contributed by atoms with Gasteiger partial charge in [0.25, 0.3) is 0 Å². The Kier molecular flexibility index (Phi) is 40.3. The normalized spacial score (nSPS) is 30.2. The molecule has 3 aliphatic rings. The highest BCUT2D eigenvalue weighted by molar-refractivity contribution is 5.76. The number of allylic oxidation sites excluding steroid dienone is 10. The van der Waals surface area contributed by atoms with E-state index in [2.05, 4.69) is 79.9 Å². The molecule has 19 nitrogen and oxygen atoms in total. The van der Waals surface area contributed by atoms with Gasteiger partial charge >= 0.3 is 0 Å². The van der Waals surface area contributed by atoms with E-state index in [1.165, 1.54) is 77.0 Å². The molecule has 3 aliphatic heterocycles. The first-order valence-corrected chi connectivity index (χ1v) is 31.0. The Balaban J connectivity index is 1.40. The van der Waals surface area contributed by atoms with Gasteiger partial charge in [0, 0.05) is 6.42 Å². The van der Waals surface area contributed by atoms with Crippen LogP contribution in [-0.2, 0) is 33.2 Å². The minimum atomic E-state index is -1.97. The Morgan fingerprint density at radius 2 is 0.852 bits per heavy atom. The molecular formula is C62H109NO18. The Labute approximate surface area is 484 Å². The van der Waals surface area contributed by atoms with Gasteiger partial charge in [0.1, 0.15) is 73.2 Å². The van der Waals surface area contributed by atoms with Gasteiger partial charge in [-0.25, -0.2) is 0 Å². The van der Waals surface area contributed by atoms with Gasteiger partial charge in [0.15, 0.2) is 18.9 Å². The largest absolute Gasteiger partial charge is 0.394 e. The molecule has 0 saturated carbocycles. The van der Waals surface area contributed by atoms with Gasteiger partial charge in [-0.15, -0.1) is 0 Å². The fourth-order valence-corrected chi connectivity index (χ4v) is 10.3. The van der Waals surface area contributed by atoms with Crippen LogP contribution in [0.5, 0.6) is 0 Å². The average molecular weight is 1160 g/mol. The van der Waals surface area contributed by atoms with E-state index in [9.17, 15) is 61.0 Å². The number of nitrogens with one attached hydrogen (secondary N) is 1. The number of carbonyl (C=O) groups excluding carboxylic acids is 1. The molecule has 0 aliphatic carbocycles. The lowest BCUT2D eigenvalue weighted by Gasteiger charge is -2.48. The molecule has 3 fully saturated rings. The first-order chi connectivity index (χ1) is 39.3. The summed E-state index contributed by atoms with van der Waals surface area (Å²) in [7, 11) is 0. The fourth-order valence-electron chi connectivity index (χ4n) is 10.3. The standard InChI is InChI=1S/C62H109NO18/c1-3-5-7-9-11-13-14-15-16-17-18-19-20-21-22-23-24-25-26-27-28-29-30-32-34-36-38-40-50(68)63-45(46(67)39-37-35-33-31-12-10-8-6-4-2)44-76-60-56(74)53(71)58(48(42-65)78-60)81-62-57(75)54(72)59(49(43-66)79-62)80-61-55(73)52(70)51(69)47(41-64)77-61/h5,7,11,13,15-16,18-19,21-22,45-49,51-62,64-67,69-75H,3-4,6,8-10,12,14,17,20,23-44H2,1-2H3,(H,63,68)/b7-5-,13-11-,16-15-,19-18-,22-21-. The number of amides is 1. The highest BCUT2D eigenvalue weighted by Crippen LogP contribution is 2.33. The van der Waals surface area contributed by atoms with Gasteiger partial charge in [0.2, 0.25) is 5.91 Å². The zero-order valence-electron chi connectivity index (χ0n) is 49.0. The van der Waals surface area contributed by atoms with Gasteiger partial charge in [-0.2, -0.15) is 0 Å². The van der Waals surface area contributed by atoms with Crippen molar-refractivity contribution >= 4 is 5.91 Å². The zero-order chi connectivity index (χ0) is 59.0. The van der Waals surface area contributed by atoms with Crippen molar-refractivity contribution in [2.24, 2.45) is 0 Å². The SMILES string of the molecule is CC/C=C\C/C=C\C/C=C\C/C=C\C/C=C\CCCCCCCCCCCCCC(=O)NC(COC1OC(CO)C(OC2OC(CO)C(OC3OC(CO)C(O)C(O)C3O)C(O)C2O)C(O)C1O)C(O)CCCCCCCCCCC. The monoisotopic (exact) mass is 1160 g/mol. The molecule has 17 unspecified atom stereocenters. The maximum absolute atomic E-state index is 13.3. The lowest BCUT2D eigenvalue weighted by atomic mass is 9.96. The van der Waals surface area contributed by atoms with Gasteiger partial charge in [-0.1, -0.05) is 190 Å². The molecule has 81 heavy (non-hydrogen) atoms. The fraction of sp³-hybridized carbons (Fsp3) is 0.823. The van der Waals surface area contributed by atoms with Gasteiger partial charge < -0.3 is 89.9 Å². The highest BCUT2D eigenvalue weighted by atomic mass is 16.8. The predicted octanol–water partition coefficient (Wildman–Crippen LogP) is 6.04. The van der Waals surface area contributed by atoms with E-state index in [1.54, 1.807) is 0 Å². The number of carbonyl (C=O) groups is 1. The minimum Gasteiger partial charge on any atom is -0.394 e. The quantitative estimate of drug-likeness (QED) is 0.0244. The molecule has 0 spiro atoms. The smallest absolute Gasteiger partial charge is 0.220 e. The molecule has 12 N–H and O–H groups in total. The van der Waals surface area contributed by atoms with Crippen molar-refractivity contribution in [1.82, 2.24) is 5.32 Å². The summed E-state index contributed by atoms with van der Waals surface area (Å²) in [6, 6.07) is -0.889. The van der Waals surface area contributed by atoms with Crippen LogP contribution in [0.25, 0.3) is 0 Å². The number of ether oxygens (including phenoxy) is 6. The topological polar surface area (TPSA) is 307 Å². The van der Waals surface area contributed by atoms with Crippen molar-refractivity contribution in [3.05, 3.63) is 60.8 Å². The number of hydrogen-bond acceptors (Lipinski definition) is 18. The van der Waals surface area contributed by atoms with E-state index in [1.807, 2.05) is 0 Å². The van der Waals surface area contributed by atoms with Crippen LogP contribution in [0.4, 0.5) is 0 Å². The molecule has 0 aromatic heterocycles. The lowest BCUT2D eigenvalue weighted by molar-refractivity contribution is -0.379. The van der Waals surface area contributed by atoms with Crippen molar-refractivity contribution in [1.29, 1.82) is 0 Å². The van der Waals surface area contributed by atoms with Gasteiger partial charge in [-0.3, -0.25) is 4.79 Å². The number of unbranched alkanes of at least 4 members (excludes halogenated alkanes) is 19. The molecule has 0 aromatic rings. The van der Waals surface area contributed by atoms with Crippen LogP contribution in [0.1, 0.15) is 194 Å². The van der Waals surface area contributed by atoms with E-state index in [0.29, 0.717) is 12.8 Å². The second-order valence-electron chi connectivity index (χ2n) is 22.1. The first kappa shape index (κ1) is 72.7. The first-order valence-electron chi connectivity index (χ1n) is 31.0. The summed E-state index contributed by atoms with van der Waals surface area (Å²) >= 11 is 0. The van der Waals surface area contributed by atoms with Gasteiger partial charge in [0.05, 0.1) is 38.6 Å². The third-order valence-corrected chi connectivity index (χ3v) is 15.4. The predicted molar refractivity (Wildman–Crippen MR) is 309 cm³/mol. The Hall–Kier alpha value is -2.51. The van der Waals surface area contributed by atoms with Crippen LogP contribution in [0.15, 0.2) is 60.8 Å². The molecule has 17 atom stereocenters. The van der Waals surface area contributed by atoms with Crippen LogP contribution < -0.4 is 5.32 Å². The number of aliphatic hydroxyl groups is 11. The molecule has 3 rings (SSSR count). The maximum atomic E-state index is 13.3. The zero-order valence-corrected chi connectivity index (χ0v) is 49.0. The Morgan fingerprint density at radius 3 is 1.33 bits per heavy atom. The third-order valence-electron chi connectivity index (χ3n) is 15.4. The molecule has 3 heterocycles. The molecule has 470 valence electrons. The summed E-state index contributed by atoms with van der Waals surface area (Å²) < 4.78 is 34.2. The number of hydrogen-bond donors (Lipinski definition) is 12. The minimum absolute atomic E-state index is 0.252. The van der Waals surface area contributed by atoms with Crippen molar-refractivity contribution in [3.63, 3.8) is 0 Å². The Morgan fingerprint density at radius 1 is 0.457 bits per heavy atom. The molecule has 19 heteroatoms. The molecule has 1 amide bonds. The second kappa shape index (κ2) is 44.9. The van der Waals surface area contributed by atoms with E-state index in [4.69, 9.17) is 28.4 Å². The van der Waals surface area contributed by atoms with Gasteiger partial charge in [-0.05, 0) is 57.8 Å². The lowest BCUT2D eigenvalue weighted by Crippen LogP contribution is -2.66. The second-order valence-corrected chi connectivity index (χ2v) is 22.1. The number of aliphatic hydroxyl groups excluding tert-OH is 11. The molecule has 0 radical (unpaired) electrons. The summed E-state index contributed by atoms with van der Waals surface area (Å²) in [5.41, 5.74) is 0. The van der Waals surface area contributed by atoms with Crippen molar-refractivity contribution in [3.8, 4) is 0 Å². The van der Waals surface area contributed by atoms with Crippen molar-refractivity contribution in [2.45, 2.75) is 298 Å². The summed E-state index contributed by atoms with van der Waals surface area (Å²) in [4.78, 5) is 13.3. The van der Waals surface area contributed by atoms with Crippen molar-refractivity contribution in [2.75, 3.05) is 26.4 Å². The average Bonchev–Trinajstić information content (AvgIpc) is 3.47. The number of rotatable bonds is 45. The maximum Gasteiger partial charge on any atom is 0.220 e. The molecular weight excluding hydrogens is 1050 g/mol. The van der Waals surface area contributed by atoms with Crippen LogP contribution in [0.3, 0.4) is 0 Å². The van der Waals surface area contributed by atoms with Crippen LogP contribution in [0.2, 0.25) is 0 Å². The van der Waals surface area contributed by atoms with Crippen LogP contribution in [-0.4, -0.2) is 193 Å². The highest BCUT2D eigenvalue weighted by Gasteiger charge is 2.53. The van der Waals surface area contributed by atoms with E-state index < -0.39 is 124 Å². The summed E-state index contributed by atoms with van der Waals surface area (Å²) in [6.45, 7) is 1.63. The Bertz CT molecular complexity index is 1710. The molecule has 0 bridgehead atoms. The summed E-state index contributed by atoms with van der Waals surface area (Å²) in [5.74, 6) is -0.252. The van der Waals surface area contributed by atoms with E-state index in [0.717, 1.165) is 83.5 Å². The summed E-state index contributed by atoms with van der Waals surface area (Å²) in [5, 5.41) is 120. The van der Waals surface area contributed by atoms with E-state index >= 15 is 0 Å². The molecule has 3 saturated heterocycles. The van der Waals surface area contributed by atoms with E-state index in [-0.39, 0.29) is 18.9 Å². The van der Waals surface area contributed by atoms with Crippen LogP contribution in [0, 0.1) is 0 Å². The molecule has 0 aromatic carbocycles. The third kappa shape index (κ3) is 28.5. The van der Waals surface area contributed by atoms with Crippen molar-refractivity contribution < 1.29 is 89.4 Å².